The van der Waals surface area contributed by atoms with Crippen LogP contribution in [0.5, 0.6) is 0 Å². The first-order valence-electron chi connectivity index (χ1n) is 7.07. The van der Waals surface area contributed by atoms with E-state index in [1.54, 1.807) is 0 Å². The highest BCUT2D eigenvalue weighted by atomic mass is 16.2. The van der Waals surface area contributed by atoms with Crippen molar-refractivity contribution in [1.29, 1.82) is 0 Å². The summed E-state index contributed by atoms with van der Waals surface area (Å²) in [7, 11) is 0. The minimum absolute atomic E-state index is 0.0315. The zero-order valence-electron chi connectivity index (χ0n) is 11.2. The molecule has 1 aliphatic carbocycles. The van der Waals surface area contributed by atoms with Gasteiger partial charge in [-0.25, -0.2) is 0 Å². The van der Waals surface area contributed by atoms with Gasteiger partial charge in [0.25, 0.3) is 0 Å². The summed E-state index contributed by atoms with van der Waals surface area (Å²) in [6.45, 7) is 7.07. The Hall–Kier alpha value is -0.570. The van der Waals surface area contributed by atoms with Gasteiger partial charge in [-0.3, -0.25) is 4.79 Å². The molecule has 0 aromatic carbocycles. The van der Waals surface area contributed by atoms with Crippen molar-refractivity contribution in [3.8, 4) is 0 Å². The van der Waals surface area contributed by atoms with Gasteiger partial charge in [0.15, 0.2) is 0 Å². The van der Waals surface area contributed by atoms with Crippen LogP contribution < -0.4 is 5.73 Å². The number of carbonyl (C=O) groups is 1. The van der Waals surface area contributed by atoms with Crippen molar-refractivity contribution in [3.05, 3.63) is 0 Å². The summed E-state index contributed by atoms with van der Waals surface area (Å²) in [6, 6.07) is 0. The molecule has 0 radical (unpaired) electrons. The maximum atomic E-state index is 12.5. The molecule has 17 heavy (non-hydrogen) atoms. The lowest BCUT2D eigenvalue weighted by Gasteiger charge is -2.34. The molecule has 1 amide bonds. The third-order valence-electron chi connectivity index (χ3n) is 4.34. The zero-order valence-corrected chi connectivity index (χ0v) is 11.2. The Labute approximate surface area is 105 Å². The molecular formula is C14H26N2O. The van der Waals surface area contributed by atoms with Crippen LogP contribution >= 0.6 is 0 Å². The first-order chi connectivity index (χ1) is 8.07. The van der Waals surface area contributed by atoms with Crippen LogP contribution in [0.4, 0.5) is 0 Å². The van der Waals surface area contributed by atoms with Gasteiger partial charge in [-0.1, -0.05) is 13.8 Å². The van der Waals surface area contributed by atoms with E-state index in [0.717, 1.165) is 51.7 Å². The molecular weight excluding hydrogens is 212 g/mol. The molecule has 2 N–H and O–H groups in total. The Bertz CT molecular complexity index is 276. The molecule has 0 aromatic heterocycles. The Kier molecular flexibility index (Phi) is 3.76. The topological polar surface area (TPSA) is 46.3 Å². The molecule has 98 valence electrons. The molecule has 1 saturated heterocycles. The molecule has 1 saturated carbocycles. The quantitative estimate of drug-likeness (QED) is 0.814. The first-order valence-corrected chi connectivity index (χ1v) is 7.07. The van der Waals surface area contributed by atoms with Crippen molar-refractivity contribution in [2.24, 2.45) is 23.0 Å². The number of nitrogens with zero attached hydrogens (tertiary/aromatic N) is 1. The second-order valence-corrected chi connectivity index (χ2v) is 6.35. The molecule has 0 aromatic rings. The molecule has 3 heteroatoms. The van der Waals surface area contributed by atoms with Crippen molar-refractivity contribution in [3.63, 3.8) is 0 Å². The van der Waals surface area contributed by atoms with Crippen molar-refractivity contribution in [2.75, 3.05) is 19.6 Å². The van der Waals surface area contributed by atoms with Crippen LogP contribution in [0.15, 0.2) is 0 Å². The molecule has 2 fully saturated rings. The van der Waals surface area contributed by atoms with Gasteiger partial charge in [0.1, 0.15) is 0 Å². The highest BCUT2D eigenvalue weighted by Gasteiger charge is 2.51. The summed E-state index contributed by atoms with van der Waals surface area (Å²) < 4.78 is 0. The highest BCUT2D eigenvalue weighted by Crippen LogP contribution is 2.52. The zero-order chi connectivity index (χ0) is 12.5. The number of likely N-dealkylation sites (tertiary alicyclic amines) is 1. The van der Waals surface area contributed by atoms with E-state index in [2.05, 4.69) is 18.7 Å². The number of amides is 1. The first kappa shape index (κ1) is 12.9. The molecule has 1 heterocycles. The standard InChI is InChI=1S/C14H26N2O/c1-11(2)9-14(5-6-14)13(17)16-7-3-12(10-15)4-8-16/h11-12H,3-10,15H2,1-2H3. The predicted octanol–water partition coefficient (Wildman–Crippen LogP) is 2.01. The van der Waals surface area contributed by atoms with Crippen LogP contribution in [-0.4, -0.2) is 30.4 Å². The van der Waals surface area contributed by atoms with Gasteiger partial charge >= 0.3 is 0 Å². The minimum Gasteiger partial charge on any atom is -0.342 e. The summed E-state index contributed by atoms with van der Waals surface area (Å²) in [5.74, 6) is 1.70. The SMILES string of the molecule is CC(C)CC1(C(=O)N2CCC(CN)CC2)CC1. The Morgan fingerprint density at radius 3 is 2.35 bits per heavy atom. The van der Waals surface area contributed by atoms with E-state index in [-0.39, 0.29) is 5.41 Å². The summed E-state index contributed by atoms with van der Waals surface area (Å²) in [6.07, 6.45) is 5.49. The van der Waals surface area contributed by atoms with Gasteiger partial charge in [0.05, 0.1) is 0 Å². The maximum Gasteiger partial charge on any atom is 0.228 e. The van der Waals surface area contributed by atoms with Crippen LogP contribution in [0.3, 0.4) is 0 Å². The summed E-state index contributed by atoms with van der Waals surface area (Å²) in [5.41, 5.74) is 5.72. The van der Waals surface area contributed by atoms with Crippen LogP contribution in [0.25, 0.3) is 0 Å². The minimum atomic E-state index is 0.0315. The predicted molar refractivity (Wildman–Crippen MR) is 69.5 cm³/mol. The second kappa shape index (κ2) is 4.97. The number of hydrogen-bond acceptors (Lipinski definition) is 2. The lowest BCUT2D eigenvalue weighted by Crippen LogP contribution is -2.44. The molecule has 2 rings (SSSR count). The van der Waals surface area contributed by atoms with Crippen molar-refractivity contribution in [2.45, 2.75) is 46.0 Å². The van der Waals surface area contributed by atoms with Gasteiger partial charge in [-0.2, -0.15) is 0 Å². The Morgan fingerprint density at radius 2 is 1.94 bits per heavy atom. The van der Waals surface area contributed by atoms with E-state index in [1.807, 2.05) is 0 Å². The lowest BCUT2D eigenvalue weighted by molar-refractivity contribution is -0.139. The normalized spacial score (nSPS) is 24.1. The van der Waals surface area contributed by atoms with Crippen LogP contribution in [-0.2, 0) is 4.79 Å². The molecule has 0 spiro atoms. The van der Waals surface area contributed by atoms with E-state index >= 15 is 0 Å². The smallest absolute Gasteiger partial charge is 0.228 e. The number of hydrogen-bond donors (Lipinski definition) is 1. The fourth-order valence-corrected chi connectivity index (χ4v) is 3.14. The number of piperidine rings is 1. The molecule has 3 nitrogen and oxygen atoms in total. The van der Waals surface area contributed by atoms with Gasteiger partial charge < -0.3 is 10.6 Å². The van der Waals surface area contributed by atoms with Crippen LogP contribution in [0.1, 0.15) is 46.0 Å². The summed E-state index contributed by atoms with van der Waals surface area (Å²) in [5, 5.41) is 0. The van der Waals surface area contributed by atoms with Crippen molar-refractivity contribution < 1.29 is 4.79 Å². The lowest BCUT2D eigenvalue weighted by atomic mass is 9.90. The van der Waals surface area contributed by atoms with E-state index in [0.29, 0.717) is 17.7 Å². The van der Waals surface area contributed by atoms with Gasteiger partial charge in [0, 0.05) is 18.5 Å². The van der Waals surface area contributed by atoms with Gasteiger partial charge in [-0.05, 0) is 50.5 Å². The Balaban J connectivity index is 1.88. The van der Waals surface area contributed by atoms with Crippen LogP contribution in [0, 0.1) is 17.3 Å². The fourth-order valence-electron chi connectivity index (χ4n) is 3.14. The van der Waals surface area contributed by atoms with Gasteiger partial charge in [0.2, 0.25) is 5.91 Å². The third-order valence-corrected chi connectivity index (χ3v) is 4.34. The van der Waals surface area contributed by atoms with E-state index in [1.165, 1.54) is 0 Å². The van der Waals surface area contributed by atoms with Crippen molar-refractivity contribution in [1.82, 2.24) is 4.90 Å². The van der Waals surface area contributed by atoms with Crippen LogP contribution in [0.2, 0.25) is 0 Å². The van der Waals surface area contributed by atoms with E-state index in [4.69, 9.17) is 5.73 Å². The fraction of sp³-hybridized carbons (Fsp3) is 0.929. The second-order valence-electron chi connectivity index (χ2n) is 6.35. The average Bonchev–Trinajstić information content (AvgIpc) is 3.08. The largest absolute Gasteiger partial charge is 0.342 e. The molecule has 0 bridgehead atoms. The highest BCUT2D eigenvalue weighted by molar-refractivity contribution is 5.85. The summed E-state index contributed by atoms with van der Waals surface area (Å²) in [4.78, 5) is 14.6. The molecule has 0 unspecified atom stereocenters. The molecule has 2 aliphatic rings. The molecule has 1 aliphatic heterocycles. The van der Waals surface area contributed by atoms with E-state index in [9.17, 15) is 4.79 Å². The monoisotopic (exact) mass is 238 g/mol. The number of rotatable bonds is 4. The van der Waals surface area contributed by atoms with Gasteiger partial charge in [-0.15, -0.1) is 0 Å². The van der Waals surface area contributed by atoms with E-state index < -0.39 is 0 Å². The average molecular weight is 238 g/mol. The number of nitrogens with two attached hydrogens (primary N) is 1. The third kappa shape index (κ3) is 2.82. The van der Waals surface area contributed by atoms with Crippen molar-refractivity contribution >= 4 is 5.91 Å². The summed E-state index contributed by atoms with van der Waals surface area (Å²) >= 11 is 0. The molecule has 0 atom stereocenters. The maximum absolute atomic E-state index is 12.5. The number of carbonyl (C=O) groups excluding carboxylic acids is 1. The Morgan fingerprint density at radius 1 is 1.35 bits per heavy atom.